The van der Waals surface area contributed by atoms with Crippen LogP contribution in [0.3, 0.4) is 0 Å². The van der Waals surface area contributed by atoms with Gasteiger partial charge in [0.25, 0.3) is 0 Å². The van der Waals surface area contributed by atoms with Crippen LogP contribution in [-0.4, -0.2) is 26.9 Å². The Bertz CT molecular complexity index is 418. The van der Waals surface area contributed by atoms with E-state index in [-0.39, 0.29) is 11.5 Å². The lowest BCUT2D eigenvalue weighted by Gasteiger charge is -2.06. The van der Waals surface area contributed by atoms with E-state index in [0.717, 1.165) is 27.1 Å². The average Bonchev–Trinajstić information content (AvgIpc) is 2.67. The smallest absolute Gasteiger partial charge is 0.158 e. The highest BCUT2D eigenvalue weighted by Crippen LogP contribution is 2.36. The molecule has 0 aromatic heterocycles. The first-order valence-corrected chi connectivity index (χ1v) is 6.34. The fourth-order valence-corrected chi connectivity index (χ4v) is 3.27. The molecular formula is C10H11NO2S2. The molecule has 0 fully saturated rings. The molecule has 1 aromatic rings. The van der Waals surface area contributed by atoms with Gasteiger partial charge in [-0.05, 0) is 24.6 Å². The van der Waals surface area contributed by atoms with Crippen LogP contribution in [-0.2, 0) is 0 Å². The summed E-state index contributed by atoms with van der Waals surface area (Å²) < 4.78 is 1.03. The van der Waals surface area contributed by atoms with E-state index in [2.05, 4.69) is 4.99 Å². The van der Waals surface area contributed by atoms with E-state index in [1.165, 1.54) is 0 Å². The van der Waals surface area contributed by atoms with E-state index in [0.29, 0.717) is 0 Å². The third kappa shape index (κ3) is 2.41. The number of hydrogen-bond donors (Lipinski definition) is 2. The molecule has 0 atom stereocenters. The third-order valence-electron chi connectivity index (χ3n) is 2.03. The Labute approximate surface area is 96.6 Å². The number of thioether (sulfide) groups is 2. The number of rotatable bonds is 1. The Morgan fingerprint density at radius 3 is 2.73 bits per heavy atom. The number of phenols is 2. The Morgan fingerprint density at radius 2 is 2.07 bits per heavy atom. The van der Waals surface area contributed by atoms with Crippen molar-refractivity contribution in [3.63, 3.8) is 0 Å². The van der Waals surface area contributed by atoms with Crippen molar-refractivity contribution in [2.75, 3.05) is 12.3 Å². The highest BCUT2D eigenvalue weighted by atomic mass is 32.2. The van der Waals surface area contributed by atoms with Gasteiger partial charge in [0, 0.05) is 10.6 Å². The maximum Gasteiger partial charge on any atom is 0.158 e. The number of aliphatic imine (C=N–C) groups is 1. The molecule has 0 unspecified atom stereocenters. The zero-order chi connectivity index (χ0) is 10.8. The molecule has 5 heteroatoms. The van der Waals surface area contributed by atoms with Gasteiger partial charge in [-0.25, -0.2) is 0 Å². The van der Waals surface area contributed by atoms with Gasteiger partial charge in [0.2, 0.25) is 0 Å². The summed E-state index contributed by atoms with van der Waals surface area (Å²) in [5.41, 5.74) is 0.950. The minimum atomic E-state index is -0.0771. The van der Waals surface area contributed by atoms with Crippen molar-refractivity contribution in [2.45, 2.75) is 11.8 Å². The summed E-state index contributed by atoms with van der Waals surface area (Å²) in [6.07, 6.45) is 0. The van der Waals surface area contributed by atoms with Crippen molar-refractivity contribution in [1.82, 2.24) is 0 Å². The molecule has 1 heterocycles. The number of benzene rings is 1. The van der Waals surface area contributed by atoms with Crippen molar-refractivity contribution >= 4 is 27.9 Å². The zero-order valence-electron chi connectivity index (χ0n) is 8.23. The predicted octanol–water partition coefficient (Wildman–Crippen LogP) is 2.60. The lowest BCUT2D eigenvalue weighted by atomic mass is 10.2. The van der Waals surface area contributed by atoms with Gasteiger partial charge < -0.3 is 10.2 Å². The normalized spacial score (nSPS) is 15.4. The van der Waals surface area contributed by atoms with Gasteiger partial charge >= 0.3 is 0 Å². The first-order valence-electron chi connectivity index (χ1n) is 4.54. The van der Waals surface area contributed by atoms with Gasteiger partial charge in [-0.1, -0.05) is 23.5 Å². The van der Waals surface area contributed by atoms with Gasteiger partial charge in [0.1, 0.15) is 4.38 Å². The van der Waals surface area contributed by atoms with Crippen LogP contribution in [0.25, 0.3) is 0 Å². The van der Waals surface area contributed by atoms with Crippen LogP contribution in [0.15, 0.2) is 22.0 Å². The van der Waals surface area contributed by atoms with Gasteiger partial charge in [0.05, 0.1) is 6.54 Å². The highest BCUT2D eigenvalue weighted by molar-refractivity contribution is 8.39. The molecular weight excluding hydrogens is 230 g/mol. The fraction of sp³-hybridized carbons (Fsp3) is 0.300. The van der Waals surface area contributed by atoms with E-state index in [9.17, 15) is 10.2 Å². The van der Waals surface area contributed by atoms with Gasteiger partial charge in [-0.3, -0.25) is 4.99 Å². The molecule has 1 aromatic carbocycles. The summed E-state index contributed by atoms with van der Waals surface area (Å²) in [5, 5.41) is 18.7. The van der Waals surface area contributed by atoms with E-state index in [1.54, 1.807) is 35.7 Å². The Morgan fingerprint density at radius 1 is 1.33 bits per heavy atom. The van der Waals surface area contributed by atoms with Crippen LogP contribution < -0.4 is 0 Å². The van der Waals surface area contributed by atoms with E-state index in [1.807, 2.05) is 6.92 Å². The standard InChI is InChI=1S/C10H11NO2S2/c1-6-4-7(12)8(13)5-9(6)15-10-11-2-3-14-10/h4-5,12-13H,2-3H2,1H3. The van der Waals surface area contributed by atoms with Crippen LogP contribution in [0, 0.1) is 6.92 Å². The monoisotopic (exact) mass is 241 g/mol. The second-order valence-electron chi connectivity index (χ2n) is 3.20. The lowest BCUT2D eigenvalue weighted by Crippen LogP contribution is -1.84. The number of aryl methyl sites for hydroxylation is 1. The minimum Gasteiger partial charge on any atom is -0.504 e. The van der Waals surface area contributed by atoms with Crippen molar-refractivity contribution < 1.29 is 10.2 Å². The molecule has 0 bridgehead atoms. The van der Waals surface area contributed by atoms with E-state index in [4.69, 9.17) is 0 Å². The maximum absolute atomic E-state index is 9.39. The largest absolute Gasteiger partial charge is 0.504 e. The minimum absolute atomic E-state index is 0.0714. The summed E-state index contributed by atoms with van der Waals surface area (Å²) in [7, 11) is 0. The molecule has 0 amide bonds. The molecule has 80 valence electrons. The third-order valence-corrected chi connectivity index (χ3v) is 4.36. The maximum atomic E-state index is 9.39. The highest BCUT2D eigenvalue weighted by Gasteiger charge is 2.12. The first kappa shape index (κ1) is 10.7. The van der Waals surface area contributed by atoms with Crippen molar-refractivity contribution in [3.8, 4) is 11.5 Å². The van der Waals surface area contributed by atoms with Crippen molar-refractivity contribution in [3.05, 3.63) is 17.7 Å². The van der Waals surface area contributed by atoms with Crippen molar-refractivity contribution in [2.24, 2.45) is 4.99 Å². The first-order chi connectivity index (χ1) is 7.16. The van der Waals surface area contributed by atoms with Crippen LogP contribution in [0.1, 0.15) is 5.56 Å². The summed E-state index contributed by atoms with van der Waals surface area (Å²) in [4.78, 5) is 5.27. The molecule has 0 saturated heterocycles. The number of phenolic OH excluding ortho intramolecular Hbond substituents is 2. The zero-order valence-corrected chi connectivity index (χ0v) is 9.86. The predicted molar refractivity (Wildman–Crippen MR) is 65.1 cm³/mol. The Balaban J connectivity index is 2.24. The van der Waals surface area contributed by atoms with Crippen molar-refractivity contribution in [1.29, 1.82) is 0 Å². The molecule has 2 N–H and O–H groups in total. The van der Waals surface area contributed by atoms with Gasteiger partial charge in [-0.15, -0.1) is 0 Å². The second kappa shape index (κ2) is 4.37. The Kier molecular flexibility index (Phi) is 3.11. The number of hydrogen-bond acceptors (Lipinski definition) is 5. The fourth-order valence-electron chi connectivity index (χ4n) is 1.24. The van der Waals surface area contributed by atoms with Gasteiger partial charge in [-0.2, -0.15) is 0 Å². The summed E-state index contributed by atoms with van der Waals surface area (Å²) >= 11 is 3.27. The van der Waals surface area contributed by atoms with Crippen LogP contribution >= 0.6 is 23.5 Å². The molecule has 1 aliphatic rings. The molecule has 2 rings (SSSR count). The second-order valence-corrected chi connectivity index (χ2v) is 5.58. The van der Waals surface area contributed by atoms with E-state index < -0.39 is 0 Å². The average molecular weight is 241 g/mol. The molecule has 1 aliphatic heterocycles. The molecule has 15 heavy (non-hydrogen) atoms. The topological polar surface area (TPSA) is 52.8 Å². The number of nitrogens with zero attached hydrogens (tertiary/aromatic N) is 1. The molecule has 0 radical (unpaired) electrons. The summed E-state index contributed by atoms with van der Waals surface area (Å²) in [6.45, 7) is 2.78. The molecule has 0 saturated carbocycles. The molecule has 0 spiro atoms. The van der Waals surface area contributed by atoms with E-state index >= 15 is 0 Å². The molecule has 3 nitrogen and oxygen atoms in total. The Hall–Kier alpha value is -0.810. The lowest BCUT2D eigenvalue weighted by molar-refractivity contribution is 0.402. The summed E-state index contributed by atoms with van der Waals surface area (Å²) in [5.74, 6) is 0.885. The van der Waals surface area contributed by atoms with Crippen LogP contribution in [0.4, 0.5) is 0 Å². The molecule has 0 aliphatic carbocycles. The van der Waals surface area contributed by atoms with Gasteiger partial charge in [0.15, 0.2) is 11.5 Å². The van der Waals surface area contributed by atoms with Crippen LogP contribution in [0.2, 0.25) is 0 Å². The SMILES string of the molecule is Cc1cc(O)c(O)cc1SC1=NCCS1. The summed E-state index contributed by atoms with van der Waals surface area (Å²) in [6, 6.07) is 3.15. The van der Waals surface area contributed by atoms with Crippen LogP contribution in [0.5, 0.6) is 11.5 Å². The quantitative estimate of drug-likeness (QED) is 0.742. The number of aromatic hydroxyl groups is 2.